The van der Waals surface area contributed by atoms with Crippen LogP contribution in [0.15, 0.2) is 48.5 Å². The van der Waals surface area contributed by atoms with Gasteiger partial charge in [0.05, 0.1) is 0 Å². The first kappa shape index (κ1) is 16.5. The molecule has 0 bridgehead atoms. The molecule has 24 heavy (non-hydrogen) atoms. The highest BCUT2D eigenvalue weighted by Crippen LogP contribution is 2.22. The van der Waals surface area contributed by atoms with Gasteiger partial charge in [0, 0.05) is 22.8 Å². The number of carbonyl (C=O) groups is 2. The molecule has 0 saturated carbocycles. The third-order valence-corrected chi connectivity index (χ3v) is 4.45. The van der Waals surface area contributed by atoms with Gasteiger partial charge in [-0.1, -0.05) is 23.7 Å². The number of carbonyl (C=O) groups excluding carboxylic acids is 2. The van der Waals surface area contributed by atoms with Gasteiger partial charge in [0.2, 0.25) is 5.91 Å². The summed E-state index contributed by atoms with van der Waals surface area (Å²) in [6.45, 7) is 2.56. The molecule has 2 amide bonds. The Morgan fingerprint density at radius 3 is 2.62 bits per heavy atom. The largest absolute Gasteiger partial charge is 0.327 e. The normalized spacial score (nSPS) is 16.9. The van der Waals surface area contributed by atoms with Gasteiger partial charge >= 0.3 is 0 Å². The van der Waals surface area contributed by atoms with Crippen LogP contribution in [-0.4, -0.2) is 29.3 Å². The molecule has 2 aromatic rings. The van der Waals surface area contributed by atoms with Crippen LogP contribution in [0.5, 0.6) is 0 Å². The van der Waals surface area contributed by atoms with E-state index in [1.54, 1.807) is 29.2 Å². The number of amides is 2. The van der Waals surface area contributed by atoms with Crippen LogP contribution in [0.1, 0.15) is 28.8 Å². The molecule has 0 spiro atoms. The molecule has 1 N–H and O–H groups in total. The highest BCUT2D eigenvalue weighted by atomic mass is 35.5. The van der Waals surface area contributed by atoms with Crippen molar-refractivity contribution in [3.8, 4) is 0 Å². The van der Waals surface area contributed by atoms with E-state index in [0.29, 0.717) is 23.6 Å². The van der Waals surface area contributed by atoms with E-state index in [0.717, 1.165) is 17.7 Å². The minimum Gasteiger partial charge on any atom is -0.327 e. The van der Waals surface area contributed by atoms with Gasteiger partial charge in [0.1, 0.15) is 6.04 Å². The lowest BCUT2D eigenvalue weighted by atomic mass is 10.1. The number of rotatable bonds is 3. The van der Waals surface area contributed by atoms with Crippen molar-refractivity contribution in [2.45, 2.75) is 25.8 Å². The number of nitrogens with zero attached hydrogens (tertiary/aromatic N) is 1. The first-order valence-electron chi connectivity index (χ1n) is 7.98. The van der Waals surface area contributed by atoms with Crippen molar-refractivity contribution in [1.82, 2.24) is 4.90 Å². The lowest BCUT2D eigenvalue weighted by molar-refractivity contribution is -0.119. The molecule has 1 saturated heterocycles. The van der Waals surface area contributed by atoms with E-state index >= 15 is 0 Å². The van der Waals surface area contributed by atoms with Gasteiger partial charge in [-0.2, -0.15) is 0 Å². The van der Waals surface area contributed by atoms with Gasteiger partial charge in [-0.15, -0.1) is 0 Å². The van der Waals surface area contributed by atoms with E-state index in [-0.39, 0.29) is 11.8 Å². The molecular weight excluding hydrogens is 324 g/mol. The van der Waals surface area contributed by atoms with Gasteiger partial charge in [-0.25, -0.2) is 0 Å². The number of hydrogen-bond donors (Lipinski definition) is 1. The first-order valence-corrected chi connectivity index (χ1v) is 8.36. The summed E-state index contributed by atoms with van der Waals surface area (Å²) >= 11 is 5.87. The predicted octanol–water partition coefficient (Wildman–Crippen LogP) is 3.89. The summed E-state index contributed by atoms with van der Waals surface area (Å²) < 4.78 is 0. The van der Waals surface area contributed by atoms with Crippen molar-refractivity contribution in [2.24, 2.45) is 0 Å². The van der Waals surface area contributed by atoms with E-state index in [9.17, 15) is 9.59 Å². The number of halogens is 1. The van der Waals surface area contributed by atoms with E-state index in [4.69, 9.17) is 11.6 Å². The van der Waals surface area contributed by atoms with Crippen molar-refractivity contribution in [2.75, 3.05) is 11.9 Å². The number of likely N-dealkylation sites (tertiary alicyclic amines) is 1. The second-order valence-corrected chi connectivity index (χ2v) is 6.46. The van der Waals surface area contributed by atoms with Crippen LogP contribution in [0.25, 0.3) is 0 Å². The Labute approximate surface area is 146 Å². The molecule has 1 unspecified atom stereocenters. The Morgan fingerprint density at radius 1 is 1.17 bits per heavy atom. The minimum atomic E-state index is -0.436. The van der Waals surface area contributed by atoms with Crippen LogP contribution in [0.3, 0.4) is 0 Å². The van der Waals surface area contributed by atoms with Crippen LogP contribution in [0.4, 0.5) is 5.69 Å². The van der Waals surface area contributed by atoms with Crippen molar-refractivity contribution in [3.05, 3.63) is 64.7 Å². The topological polar surface area (TPSA) is 49.4 Å². The van der Waals surface area contributed by atoms with Gasteiger partial charge < -0.3 is 10.2 Å². The highest BCUT2D eigenvalue weighted by molar-refractivity contribution is 6.30. The van der Waals surface area contributed by atoms with Crippen LogP contribution >= 0.6 is 11.6 Å². The summed E-state index contributed by atoms with van der Waals surface area (Å²) in [7, 11) is 0. The average molecular weight is 343 g/mol. The molecule has 0 aromatic heterocycles. The van der Waals surface area contributed by atoms with Crippen molar-refractivity contribution >= 4 is 29.1 Å². The predicted molar refractivity (Wildman–Crippen MR) is 95.3 cm³/mol. The van der Waals surface area contributed by atoms with Gasteiger partial charge in [-0.3, -0.25) is 9.59 Å². The Bertz CT molecular complexity index is 758. The molecule has 2 aromatic carbocycles. The maximum absolute atomic E-state index is 12.7. The minimum absolute atomic E-state index is 0.131. The number of aryl methyl sites for hydroxylation is 1. The van der Waals surface area contributed by atoms with Crippen molar-refractivity contribution < 1.29 is 9.59 Å². The molecule has 1 heterocycles. The molecule has 0 aliphatic carbocycles. The first-order chi connectivity index (χ1) is 11.5. The third-order valence-electron chi connectivity index (χ3n) is 4.19. The van der Waals surface area contributed by atoms with Gasteiger partial charge in [-0.05, 0) is 61.7 Å². The maximum atomic E-state index is 12.7. The number of nitrogens with one attached hydrogen (secondary N) is 1. The maximum Gasteiger partial charge on any atom is 0.254 e. The lowest BCUT2D eigenvalue weighted by Gasteiger charge is -2.24. The Kier molecular flexibility index (Phi) is 4.86. The van der Waals surface area contributed by atoms with Crippen LogP contribution in [-0.2, 0) is 4.79 Å². The number of benzene rings is 2. The zero-order chi connectivity index (χ0) is 17.1. The van der Waals surface area contributed by atoms with Crippen LogP contribution < -0.4 is 5.32 Å². The zero-order valence-corrected chi connectivity index (χ0v) is 14.2. The van der Waals surface area contributed by atoms with Crippen molar-refractivity contribution in [3.63, 3.8) is 0 Å². The fourth-order valence-corrected chi connectivity index (χ4v) is 3.12. The number of hydrogen-bond acceptors (Lipinski definition) is 2. The molecule has 1 aliphatic rings. The number of anilines is 1. The standard InChI is InChI=1S/C19H19ClN2O2/c1-13-4-2-5-16(12-13)21-18(23)17-6-3-11-22(17)19(24)14-7-9-15(20)10-8-14/h2,4-5,7-10,12,17H,3,6,11H2,1H3,(H,21,23). The Hall–Kier alpha value is -2.33. The molecule has 1 fully saturated rings. The second kappa shape index (κ2) is 7.05. The lowest BCUT2D eigenvalue weighted by Crippen LogP contribution is -2.43. The second-order valence-electron chi connectivity index (χ2n) is 6.02. The monoisotopic (exact) mass is 342 g/mol. The highest BCUT2D eigenvalue weighted by Gasteiger charge is 2.34. The fourth-order valence-electron chi connectivity index (χ4n) is 2.99. The smallest absolute Gasteiger partial charge is 0.254 e. The van der Waals surface area contributed by atoms with Gasteiger partial charge in [0.15, 0.2) is 0 Å². The summed E-state index contributed by atoms with van der Waals surface area (Å²) in [5, 5.41) is 3.50. The molecule has 3 rings (SSSR count). The van der Waals surface area contributed by atoms with E-state index in [1.807, 2.05) is 31.2 Å². The summed E-state index contributed by atoms with van der Waals surface area (Å²) in [4.78, 5) is 26.9. The molecule has 0 radical (unpaired) electrons. The zero-order valence-electron chi connectivity index (χ0n) is 13.5. The molecule has 5 heteroatoms. The summed E-state index contributed by atoms with van der Waals surface area (Å²) in [6.07, 6.45) is 1.50. The third kappa shape index (κ3) is 3.60. The molecule has 124 valence electrons. The molecule has 4 nitrogen and oxygen atoms in total. The molecular formula is C19H19ClN2O2. The van der Waals surface area contributed by atoms with Crippen molar-refractivity contribution in [1.29, 1.82) is 0 Å². The Morgan fingerprint density at radius 2 is 1.92 bits per heavy atom. The van der Waals surface area contributed by atoms with Crippen LogP contribution in [0, 0.1) is 6.92 Å². The van der Waals surface area contributed by atoms with E-state index < -0.39 is 6.04 Å². The summed E-state index contributed by atoms with van der Waals surface area (Å²) in [6, 6.07) is 14.0. The SMILES string of the molecule is Cc1cccc(NC(=O)C2CCCN2C(=O)c2ccc(Cl)cc2)c1. The Balaban J connectivity index is 1.73. The molecule has 1 aliphatic heterocycles. The van der Waals surface area contributed by atoms with E-state index in [1.165, 1.54) is 0 Å². The van der Waals surface area contributed by atoms with Crippen LogP contribution in [0.2, 0.25) is 5.02 Å². The summed E-state index contributed by atoms with van der Waals surface area (Å²) in [5.74, 6) is -0.269. The quantitative estimate of drug-likeness (QED) is 0.919. The fraction of sp³-hybridized carbons (Fsp3) is 0.263. The van der Waals surface area contributed by atoms with Gasteiger partial charge in [0.25, 0.3) is 5.91 Å². The summed E-state index contributed by atoms with van der Waals surface area (Å²) in [5.41, 5.74) is 2.38. The van der Waals surface area contributed by atoms with E-state index in [2.05, 4.69) is 5.32 Å². The average Bonchev–Trinajstić information content (AvgIpc) is 3.04. The molecule has 1 atom stereocenters.